The van der Waals surface area contributed by atoms with E-state index in [1.165, 1.54) is 18.2 Å². The summed E-state index contributed by atoms with van der Waals surface area (Å²) < 4.78 is 38.2. The number of rotatable bonds is 13. The monoisotopic (exact) mass is 1040 g/mol. The minimum atomic E-state index is -2.92. The van der Waals surface area contributed by atoms with E-state index in [0.29, 0.717) is 36.1 Å². The Morgan fingerprint density at radius 3 is 2.14 bits per heavy atom. The smallest absolute Gasteiger partial charge is 0.267 e. The molecular formula is C57H90F2N8O5S. The molecule has 13 nitrogen and oxygen atoms in total. The summed E-state index contributed by atoms with van der Waals surface area (Å²) in [5, 5.41) is 8.71. The van der Waals surface area contributed by atoms with Crippen molar-refractivity contribution < 1.29 is 32.6 Å². The van der Waals surface area contributed by atoms with Gasteiger partial charge in [-0.25, -0.2) is 23.8 Å². The van der Waals surface area contributed by atoms with Crippen LogP contribution in [-0.4, -0.2) is 139 Å². The number of H-pyrrole nitrogens is 1. The van der Waals surface area contributed by atoms with Gasteiger partial charge in [-0.05, 0) is 116 Å². The number of alkyl halides is 2. The molecule has 7 unspecified atom stereocenters. The molecule has 1 amide bonds. The number of aromatic amines is 1. The van der Waals surface area contributed by atoms with Crippen molar-refractivity contribution in [1.82, 2.24) is 30.4 Å². The van der Waals surface area contributed by atoms with Gasteiger partial charge in [-0.3, -0.25) is 14.7 Å². The van der Waals surface area contributed by atoms with Crippen LogP contribution in [0.25, 0.3) is 32.9 Å². The Hall–Kier alpha value is -4.90. The number of aliphatic imine (C=N–C) groups is 1. The number of amides is 1. The van der Waals surface area contributed by atoms with E-state index in [1.807, 2.05) is 72.7 Å². The molecule has 0 bridgehead atoms. The fraction of sp³-hybridized carbons (Fsp3) is 0.596. The van der Waals surface area contributed by atoms with Gasteiger partial charge in [0.25, 0.3) is 5.92 Å². The lowest BCUT2D eigenvalue weighted by atomic mass is 9.78. The van der Waals surface area contributed by atoms with Gasteiger partial charge in [0.2, 0.25) is 6.41 Å². The van der Waals surface area contributed by atoms with Gasteiger partial charge in [-0.2, -0.15) is 0 Å². The third-order valence-electron chi connectivity index (χ3n) is 13.8. The molecule has 3 aromatic carbocycles. The van der Waals surface area contributed by atoms with Crippen molar-refractivity contribution in [1.29, 1.82) is 0 Å². The number of carbonyl (C=O) groups excluding carboxylic acids is 3. The number of nitrogens with one attached hydrogen (secondary N) is 3. The molecular weight excluding hydrogens is 947 g/mol. The third kappa shape index (κ3) is 16.5. The van der Waals surface area contributed by atoms with E-state index >= 15 is 0 Å². The number of carbonyl (C=O) groups is 3. The van der Waals surface area contributed by atoms with Crippen LogP contribution in [-0.2, 0) is 23.9 Å². The fourth-order valence-electron chi connectivity index (χ4n) is 9.67. The maximum atomic E-state index is 14.1. The lowest BCUT2D eigenvalue weighted by molar-refractivity contribution is -0.120. The number of fused-ring (bicyclic) bond motifs is 4. The maximum Gasteiger partial charge on any atom is 0.267 e. The lowest BCUT2D eigenvalue weighted by Crippen LogP contribution is -2.62. The predicted octanol–water partition coefficient (Wildman–Crippen LogP) is 10.7. The average molecular weight is 1040 g/mol. The number of likely N-dealkylation sites (N-methyl/N-ethyl adjacent to an activating group) is 1. The number of hydrogen-bond acceptors (Lipinski definition) is 11. The number of nitrogens with two attached hydrogens (primary N) is 1. The number of likely N-dealkylation sites (tertiary alicyclic amines) is 2. The molecule has 7 atom stereocenters. The Morgan fingerprint density at radius 1 is 0.945 bits per heavy atom. The Kier molecular flexibility index (Phi) is 24.5. The summed E-state index contributed by atoms with van der Waals surface area (Å²) in [5.74, 6) is 3.13. The van der Waals surface area contributed by atoms with E-state index in [0.717, 1.165) is 87.9 Å². The number of ether oxygens (including phenoxy) is 2. The van der Waals surface area contributed by atoms with Crippen molar-refractivity contribution in [2.45, 2.75) is 137 Å². The number of benzene rings is 3. The van der Waals surface area contributed by atoms with Crippen molar-refractivity contribution in [3.63, 3.8) is 0 Å². The second-order valence-electron chi connectivity index (χ2n) is 20.2. The zero-order valence-corrected chi connectivity index (χ0v) is 47.7. The Morgan fingerprint density at radius 2 is 1.59 bits per heavy atom. The molecule has 408 valence electrons. The van der Waals surface area contributed by atoms with Gasteiger partial charge >= 0.3 is 0 Å². The Labute approximate surface area is 437 Å². The molecule has 3 fully saturated rings. The van der Waals surface area contributed by atoms with E-state index in [1.54, 1.807) is 14.2 Å². The topological polar surface area (TPSA) is 167 Å². The number of amidine groups is 1. The van der Waals surface area contributed by atoms with E-state index in [2.05, 4.69) is 97.2 Å². The van der Waals surface area contributed by atoms with Gasteiger partial charge in [0.1, 0.15) is 24.2 Å². The van der Waals surface area contributed by atoms with Crippen molar-refractivity contribution in [2.75, 3.05) is 64.9 Å². The molecule has 8 rings (SSSR count). The lowest BCUT2D eigenvalue weighted by Gasteiger charge is -2.45. The van der Waals surface area contributed by atoms with Gasteiger partial charge in [0.05, 0.1) is 61.5 Å². The van der Waals surface area contributed by atoms with Gasteiger partial charge < -0.3 is 45.3 Å². The van der Waals surface area contributed by atoms with Crippen LogP contribution in [0.4, 0.5) is 8.78 Å². The first-order valence-electron chi connectivity index (χ1n) is 26.1. The molecule has 3 saturated heterocycles. The van der Waals surface area contributed by atoms with E-state index in [9.17, 15) is 18.4 Å². The molecule has 4 aliphatic rings. The number of piperidine rings is 1. The highest BCUT2D eigenvalue weighted by Gasteiger charge is 2.52. The molecule has 0 aliphatic carbocycles. The first-order valence-corrected chi connectivity index (χ1v) is 28.9. The van der Waals surface area contributed by atoms with Crippen molar-refractivity contribution in [2.24, 2.45) is 28.5 Å². The zero-order chi connectivity index (χ0) is 54.8. The number of hydrogen-bond donors (Lipinski definition) is 4. The zero-order valence-electron chi connectivity index (χ0n) is 46.9. The van der Waals surface area contributed by atoms with Crippen LogP contribution in [0.1, 0.15) is 119 Å². The maximum absolute atomic E-state index is 14.1. The molecule has 4 aromatic rings. The summed E-state index contributed by atoms with van der Waals surface area (Å²) in [6, 6.07) is 18.3. The van der Waals surface area contributed by atoms with Gasteiger partial charge in [-0.15, -0.1) is 0 Å². The molecule has 5 heterocycles. The molecule has 0 radical (unpaired) electrons. The molecule has 0 saturated carbocycles. The SMILES string of the molecule is CC.CC.CC/C=C(\NC(C=O)C(C)C)OC.CC=O.CN1CC2CS(C)(C)CC2(N)CC1C1=NCC(c2ccc(-c3ccc4c(ccc5[nH]c(C6CC(F)(F)CN6C=O)nc54)c3)cc2)N1.COC(C)C(C)C. The highest BCUT2D eigenvalue weighted by atomic mass is 32.3. The van der Waals surface area contributed by atoms with Crippen molar-refractivity contribution in [3.8, 4) is 11.1 Å². The summed E-state index contributed by atoms with van der Waals surface area (Å²) in [4.78, 5) is 47.4. The second-order valence-corrected chi connectivity index (χ2v) is 24.4. The highest BCUT2D eigenvalue weighted by molar-refractivity contribution is 8.32. The van der Waals surface area contributed by atoms with Crippen LogP contribution in [0.3, 0.4) is 0 Å². The molecule has 16 heteroatoms. The summed E-state index contributed by atoms with van der Waals surface area (Å²) in [6.07, 6.45) is 10.7. The summed E-state index contributed by atoms with van der Waals surface area (Å²) in [6.45, 7) is 23.0. The largest absolute Gasteiger partial charge is 0.483 e. The number of imidazole rings is 1. The Balaban J connectivity index is 0.000000433. The second kappa shape index (κ2) is 28.7. The van der Waals surface area contributed by atoms with Crippen LogP contribution < -0.4 is 16.4 Å². The summed E-state index contributed by atoms with van der Waals surface area (Å²) in [7, 11) is 4.93. The van der Waals surface area contributed by atoms with Crippen LogP contribution in [0.2, 0.25) is 0 Å². The third-order valence-corrected chi connectivity index (χ3v) is 16.4. The van der Waals surface area contributed by atoms with Crippen LogP contribution in [0, 0.1) is 17.8 Å². The molecule has 1 aromatic heterocycles. The minimum Gasteiger partial charge on any atom is -0.483 e. The number of aromatic nitrogens is 2. The van der Waals surface area contributed by atoms with Crippen LogP contribution in [0.5, 0.6) is 0 Å². The molecule has 73 heavy (non-hydrogen) atoms. The van der Waals surface area contributed by atoms with E-state index in [4.69, 9.17) is 30.0 Å². The van der Waals surface area contributed by atoms with Crippen molar-refractivity contribution >= 4 is 56.7 Å². The number of halogens is 2. The van der Waals surface area contributed by atoms with Crippen LogP contribution >= 0.6 is 10.0 Å². The quantitative estimate of drug-likeness (QED) is 0.0748. The fourth-order valence-corrected chi connectivity index (χ4v) is 13.1. The Bertz CT molecular complexity index is 2410. The standard InChI is InChI=1S/C35H41F2N7OS.C10H19NO2.C6H14O.C2H4O.2C2H6/c1-43-16-25-17-46(2,3)19-34(25,38)13-29(43)32-39-15-28(41-32)22-6-4-21(5-7-22)23-8-10-26-24(12-23)9-11-27-31(26)42-33(40-27)30-14-35(36,37)18-44(30)20-45;1-5-6-10(13-4)11-9(7-12)8(2)3;1-5(2)6(3)7-4;1-2-3;2*1-2/h4-12,20,25,28-30H,13-19,38H2,1-3H3,(H,39,41)(H,40,42);6-9,11H,5H2,1-4H3;5-6H,1-4H3;2H,1H3;2*1-2H3/b;10-6+;;;;. The van der Waals surface area contributed by atoms with Crippen LogP contribution in [0.15, 0.2) is 71.5 Å². The summed E-state index contributed by atoms with van der Waals surface area (Å²) >= 11 is 0. The highest BCUT2D eigenvalue weighted by Crippen LogP contribution is 2.56. The first kappa shape index (κ1) is 62.4. The number of nitrogens with zero attached hydrogens (tertiary/aromatic N) is 4. The van der Waals surface area contributed by atoms with E-state index < -0.39 is 35.0 Å². The first-order chi connectivity index (χ1) is 34.6. The number of methoxy groups -OCH3 is 2. The minimum absolute atomic E-state index is 0.0870. The van der Waals surface area contributed by atoms with Gasteiger partial charge in [0.15, 0.2) is 5.88 Å². The van der Waals surface area contributed by atoms with E-state index in [-0.39, 0.29) is 29.6 Å². The normalized spacial score (nSPS) is 23.9. The predicted molar refractivity (Wildman–Crippen MR) is 302 cm³/mol. The average Bonchev–Trinajstić information content (AvgIpc) is 4.16. The van der Waals surface area contributed by atoms with Gasteiger partial charge in [0, 0.05) is 31.0 Å². The number of allylic oxidation sites excluding steroid dienone is 1. The molecule has 4 aliphatic heterocycles. The van der Waals surface area contributed by atoms with Crippen molar-refractivity contribution in [3.05, 3.63) is 77.9 Å². The summed E-state index contributed by atoms with van der Waals surface area (Å²) in [5.41, 5.74) is 11.9. The molecule has 5 N–H and O–H groups in total. The molecule has 0 spiro atoms. The van der Waals surface area contributed by atoms with Gasteiger partial charge in [-0.1, -0.05) is 105 Å². The number of aldehydes is 2.